The van der Waals surface area contributed by atoms with E-state index in [-0.39, 0.29) is 5.97 Å². The fourth-order valence-electron chi connectivity index (χ4n) is 2.85. The molecule has 178 valence electrons. The number of rotatable bonds is 21. The van der Waals surface area contributed by atoms with Crippen LogP contribution in [0.5, 0.6) is 5.75 Å². The summed E-state index contributed by atoms with van der Waals surface area (Å²) in [7, 11) is 1.64. The molecule has 0 unspecified atom stereocenters. The van der Waals surface area contributed by atoms with E-state index in [1.54, 1.807) is 19.4 Å². The van der Waals surface area contributed by atoms with E-state index in [0.717, 1.165) is 37.9 Å². The fraction of sp³-hybridized carbons (Fsp3) is 0.739. The number of unbranched alkanes of at least 4 members (excludes halogenated alkanes) is 7. The highest BCUT2D eigenvalue weighted by Crippen LogP contribution is 2.12. The molecular weight excluding hydrogens is 400 g/mol. The molecule has 0 spiro atoms. The molecule has 0 aliphatic rings. The first-order valence-corrected chi connectivity index (χ1v) is 11.4. The number of ether oxygens (including phenoxy) is 5. The number of hydrogen-bond donors (Lipinski definition) is 1. The molecule has 0 bridgehead atoms. The molecule has 8 heteroatoms. The maximum atomic E-state index is 11.7. The maximum Gasteiger partial charge on any atom is 0.305 e. The minimum absolute atomic E-state index is 0.142. The number of esters is 1. The van der Waals surface area contributed by atoms with Crippen LogP contribution in [0.3, 0.4) is 0 Å². The van der Waals surface area contributed by atoms with Gasteiger partial charge in [-0.25, -0.2) is 4.98 Å². The third kappa shape index (κ3) is 17.5. The summed E-state index contributed by atoms with van der Waals surface area (Å²) >= 11 is 0. The van der Waals surface area contributed by atoms with Crippen LogP contribution in [0.15, 0.2) is 18.3 Å². The van der Waals surface area contributed by atoms with Crippen LogP contribution < -0.4 is 10.5 Å². The number of nitrogens with two attached hydrogens (primary N) is 1. The van der Waals surface area contributed by atoms with Crippen molar-refractivity contribution < 1.29 is 28.5 Å². The standard InChI is InChI=1S/C23H40N2O6/c1-27-14-15-28-16-17-29-18-19-31-23(26)10-8-6-4-2-3-5-7-9-13-30-21-11-12-22(24)25-20-21/h11-12,20H,2-10,13-19H2,1H3,(H2,24,25). The zero-order valence-corrected chi connectivity index (χ0v) is 19.0. The van der Waals surface area contributed by atoms with Crippen LogP contribution in [0, 0.1) is 0 Å². The molecule has 0 radical (unpaired) electrons. The van der Waals surface area contributed by atoms with E-state index in [2.05, 4.69) is 4.98 Å². The average molecular weight is 441 g/mol. The molecule has 0 saturated heterocycles. The Morgan fingerprint density at radius 2 is 1.42 bits per heavy atom. The number of pyridine rings is 1. The lowest BCUT2D eigenvalue weighted by atomic mass is 10.1. The molecule has 0 aliphatic heterocycles. The highest BCUT2D eigenvalue weighted by atomic mass is 16.6. The van der Waals surface area contributed by atoms with Crippen LogP contribution in [0.4, 0.5) is 5.82 Å². The number of nitrogen functional groups attached to an aromatic ring is 1. The predicted molar refractivity (Wildman–Crippen MR) is 120 cm³/mol. The Morgan fingerprint density at radius 3 is 2.06 bits per heavy atom. The molecule has 31 heavy (non-hydrogen) atoms. The van der Waals surface area contributed by atoms with Crippen molar-refractivity contribution in [3.63, 3.8) is 0 Å². The van der Waals surface area contributed by atoms with Crippen molar-refractivity contribution >= 4 is 11.8 Å². The molecule has 0 fully saturated rings. The Morgan fingerprint density at radius 1 is 0.806 bits per heavy atom. The van der Waals surface area contributed by atoms with Gasteiger partial charge >= 0.3 is 5.97 Å². The molecule has 1 aromatic rings. The van der Waals surface area contributed by atoms with Gasteiger partial charge in [0.25, 0.3) is 0 Å². The normalized spacial score (nSPS) is 10.9. The Kier molecular flexibility index (Phi) is 17.5. The molecule has 0 aliphatic carbocycles. The maximum absolute atomic E-state index is 11.7. The van der Waals surface area contributed by atoms with Gasteiger partial charge in [-0.1, -0.05) is 38.5 Å². The number of anilines is 1. The molecule has 1 rings (SSSR count). The summed E-state index contributed by atoms with van der Waals surface area (Å²) in [6.45, 7) is 3.57. The summed E-state index contributed by atoms with van der Waals surface area (Å²) in [4.78, 5) is 15.7. The van der Waals surface area contributed by atoms with Crippen molar-refractivity contribution in [3.8, 4) is 5.75 Å². The van der Waals surface area contributed by atoms with E-state index < -0.39 is 0 Å². The van der Waals surface area contributed by atoms with Crippen molar-refractivity contribution in [1.82, 2.24) is 4.98 Å². The lowest BCUT2D eigenvalue weighted by Gasteiger charge is -2.07. The Bertz CT molecular complexity index is 541. The molecule has 8 nitrogen and oxygen atoms in total. The lowest BCUT2D eigenvalue weighted by molar-refractivity contribution is -0.145. The van der Waals surface area contributed by atoms with E-state index >= 15 is 0 Å². The van der Waals surface area contributed by atoms with Crippen LogP contribution in [-0.2, 0) is 23.7 Å². The van der Waals surface area contributed by atoms with Crippen LogP contribution >= 0.6 is 0 Å². The van der Waals surface area contributed by atoms with Gasteiger partial charge in [-0.15, -0.1) is 0 Å². The van der Waals surface area contributed by atoms with Gasteiger partial charge < -0.3 is 29.4 Å². The van der Waals surface area contributed by atoms with Crippen molar-refractivity contribution in [3.05, 3.63) is 18.3 Å². The van der Waals surface area contributed by atoms with Crippen molar-refractivity contribution in [2.24, 2.45) is 0 Å². The lowest BCUT2D eigenvalue weighted by Crippen LogP contribution is -2.13. The quantitative estimate of drug-likeness (QED) is 0.228. The average Bonchev–Trinajstić information content (AvgIpc) is 2.77. The number of carbonyl (C=O) groups excluding carboxylic acids is 1. The van der Waals surface area contributed by atoms with Gasteiger partial charge in [0.15, 0.2) is 0 Å². The summed E-state index contributed by atoms with van der Waals surface area (Å²) in [5.74, 6) is 1.13. The Labute approximate surface area is 186 Å². The van der Waals surface area contributed by atoms with Crippen molar-refractivity contribution in [1.29, 1.82) is 0 Å². The first kappa shape index (κ1) is 27.1. The van der Waals surface area contributed by atoms with Gasteiger partial charge in [0.1, 0.15) is 18.2 Å². The topological polar surface area (TPSA) is 102 Å². The van der Waals surface area contributed by atoms with Crippen LogP contribution in [-0.4, -0.2) is 64.3 Å². The molecule has 0 saturated carbocycles. The summed E-state index contributed by atoms with van der Waals surface area (Å²) in [6.07, 6.45) is 11.1. The third-order valence-electron chi connectivity index (χ3n) is 4.60. The number of carbonyl (C=O) groups is 1. The molecule has 1 heterocycles. The SMILES string of the molecule is COCCOCCOCCOC(=O)CCCCCCCCCCOc1ccc(N)nc1. The van der Waals surface area contributed by atoms with Crippen molar-refractivity contribution in [2.75, 3.05) is 59.1 Å². The largest absolute Gasteiger partial charge is 0.492 e. The Hall–Kier alpha value is -1.90. The van der Waals surface area contributed by atoms with E-state index in [0.29, 0.717) is 58.5 Å². The number of hydrogen-bond acceptors (Lipinski definition) is 8. The van der Waals surface area contributed by atoms with Crippen molar-refractivity contribution in [2.45, 2.75) is 57.8 Å². The van der Waals surface area contributed by atoms with Gasteiger partial charge in [0.2, 0.25) is 0 Å². The highest BCUT2D eigenvalue weighted by molar-refractivity contribution is 5.69. The zero-order chi connectivity index (χ0) is 22.4. The van der Waals surface area contributed by atoms with Gasteiger partial charge in [-0.05, 0) is 25.0 Å². The van der Waals surface area contributed by atoms with Crippen LogP contribution in [0.25, 0.3) is 0 Å². The summed E-state index contributed by atoms with van der Waals surface area (Å²) in [5, 5.41) is 0. The summed E-state index contributed by atoms with van der Waals surface area (Å²) in [5.41, 5.74) is 5.54. The highest BCUT2D eigenvalue weighted by Gasteiger charge is 2.02. The van der Waals surface area contributed by atoms with Gasteiger partial charge in [-0.2, -0.15) is 0 Å². The first-order chi connectivity index (χ1) is 15.2. The smallest absolute Gasteiger partial charge is 0.305 e. The number of methoxy groups -OCH3 is 1. The van der Waals surface area contributed by atoms with Gasteiger partial charge in [-0.3, -0.25) is 4.79 Å². The summed E-state index contributed by atoms with van der Waals surface area (Å²) < 4.78 is 26.3. The summed E-state index contributed by atoms with van der Waals surface area (Å²) in [6, 6.07) is 3.58. The molecule has 0 amide bonds. The second-order valence-corrected chi connectivity index (χ2v) is 7.28. The first-order valence-electron chi connectivity index (χ1n) is 11.4. The number of aromatic nitrogens is 1. The minimum Gasteiger partial charge on any atom is -0.492 e. The molecule has 0 atom stereocenters. The van der Waals surface area contributed by atoms with E-state index in [9.17, 15) is 4.79 Å². The van der Waals surface area contributed by atoms with E-state index in [1.807, 2.05) is 6.07 Å². The van der Waals surface area contributed by atoms with Crippen LogP contribution in [0.2, 0.25) is 0 Å². The Balaban J connectivity index is 1.76. The van der Waals surface area contributed by atoms with Gasteiger partial charge in [0.05, 0.1) is 45.8 Å². The second kappa shape index (κ2) is 20.0. The number of nitrogens with zero attached hydrogens (tertiary/aromatic N) is 1. The fourth-order valence-corrected chi connectivity index (χ4v) is 2.85. The van der Waals surface area contributed by atoms with Gasteiger partial charge in [0, 0.05) is 13.5 Å². The zero-order valence-electron chi connectivity index (χ0n) is 19.0. The molecule has 0 aromatic carbocycles. The molecular formula is C23H40N2O6. The second-order valence-electron chi connectivity index (χ2n) is 7.28. The third-order valence-corrected chi connectivity index (χ3v) is 4.60. The molecule has 1 aromatic heterocycles. The van der Waals surface area contributed by atoms with E-state index in [1.165, 1.54) is 19.3 Å². The molecule has 2 N–H and O–H groups in total. The van der Waals surface area contributed by atoms with E-state index in [4.69, 9.17) is 29.4 Å². The minimum atomic E-state index is -0.142. The van der Waals surface area contributed by atoms with Crippen LogP contribution in [0.1, 0.15) is 57.8 Å². The monoisotopic (exact) mass is 440 g/mol. The predicted octanol–water partition coefficient (Wildman–Crippen LogP) is 3.78.